The smallest absolute Gasteiger partial charge is 0.311 e. The average Bonchev–Trinajstić information content (AvgIpc) is 2.42. The summed E-state index contributed by atoms with van der Waals surface area (Å²) < 4.78 is 4.92. The van der Waals surface area contributed by atoms with Crippen molar-refractivity contribution in [2.24, 2.45) is 5.73 Å². The SMILES string of the molecule is CCCC[C@@H](O)[C@@H](N)c1ccc(OC)c([N+](=O)[O-])c1.Cl. The summed E-state index contributed by atoms with van der Waals surface area (Å²) >= 11 is 0. The number of hydrogen-bond acceptors (Lipinski definition) is 5. The monoisotopic (exact) mass is 304 g/mol. The van der Waals surface area contributed by atoms with Gasteiger partial charge in [0, 0.05) is 6.07 Å². The minimum Gasteiger partial charge on any atom is -0.490 e. The highest BCUT2D eigenvalue weighted by Gasteiger charge is 2.21. The molecule has 0 spiro atoms. The lowest BCUT2D eigenvalue weighted by atomic mass is 9.98. The van der Waals surface area contributed by atoms with E-state index in [0.717, 1.165) is 12.8 Å². The van der Waals surface area contributed by atoms with Crippen LogP contribution in [0, 0.1) is 10.1 Å². The molecule has 0 radical (unpaired) electrons. The van der Waals surface area contributed by atoms with Crippen LogP contribution in [0.1, 0.15) is 37.8 Å². The summed E-state index contributed by atoms with van der Waals surface area (Å²) in [6.07, 6.45) is 1.71. The molecule has 0 aromatic heterocycles. The highest BCUT2D eigenvalue weighted by molar-refractivity contribution is 5.85. The number of unbranched alkanes of at least 4 members (excludes halogenated alkanes) is 1. The molecular weight excluding hydrogens is 284 g/mol. The normalized spacial score (nSPS) is 13.2. The molecule has 1 aromatic carbocycles. The maximum absolute atomic E-state index is 10.9. The largest absolute Gasteiger partial charge is 0.490 e. The molecule has 0 amide bonds. The number of nitrogens with zero attached hydrogens (tertiary/aromatic N) is 1. The van der Waals surface area contributed by atoms with Gasteiger partial charge in [-0.2, -0.15) is 0 Å². The van der Waals surface area contributed by atoms with Crippen molar-refractivity contribution in [1.29, 1.82) is 0 Å². The number of nitro benzene ring substituents is 1. The molecule has 0 unspecified atom stereocenters. The zero-order valence-electron chi connectivity index (χ0n) is 11.6. The molecule has 3 N–H and O–H groups in total. The Bertz CT molecular complexity index is 442. The molecule has 0 bridgehead atoms. The van der Waals surface area contributed by atoms with Gasteiger partial charge in [0.05, 0.1) is 24.2 Å². The molecule has 0 heterocycles. The minimum absolute atomic E-state index is 0. The lowest BCUT2D eigenvalue weighted by molar-refractivity contribution is -0.385. The molecule has 0 fully saturated rings. The van der Waals surface area contributed by atoms with Gasteiger partial charge in [-0.25, -0.2) is 0 Å². The van der Waals surface area contributed by atoms with E-state index in [2.05, 4.69) is 0 Å². The Morgan fingerprint density at radius 3 is 2.65 bits per heavy atom. The van der Waals surface area contributed by atoms with Crippen molar-refractivity contribution >= 4 is 18.1 Å². The lowest BCUT2D eigenvalue weighted by Gasteiger charge is -2.19. The van der Waals surface area contributed by atoms with E-state index >= 15 is 0 Å². The third-order valence-corrected chi connectivity index (χ3v) is 3.05. The van der Waals surface area contributed by atoms with Crippen molar-refractivity contribution < 1.29 is 14.8 Å². The number of hydrogen-bond donors (Lipinski definition) is 2. The summed E-state index contributed by atoms with van der Waals surface area (Å²) in [5.41, 5.74) is 6.32. The van der Waals surface area contributed by atoms with E-state index in [0.29, 0.717) is 12.0 Å². The van der Waals surface area contributed by atoms with Gasteiger partial charge in [-0.15, -0.1) is 12.4 Å². The second-order valence-electron chi connectivity index (χ2n) is 4.42. The highest BCUT2D eigenvalue weighted by atomic mass is 35.5. The molecule has 114 valence electrons. The second kappa shape index (κ2) is 8.73. The van der Waals surface area contributed by atoms with E-state index in [1.807, 2.05) is 6.92 Å². The van der Waals surface area contributed by atoms with Crippen molar-refractivity contribution in [3.05, 3.63) is 33.9 Å². The number of nitro groups is 1. The van der Waals surface area contributed by atoms with Crippen LogP contribution in [0.15, 0.2) is 18.2 Å². The zero-order chi connectivity index (χ0) is 14.4. The van der Waals surface area contributed by atoms with Crippen molar-refractivity contribution in [2.45, 2.75) is 38.3 Å². The molecule has 0 aliphatic heterocycles. The third-order valence-electron chi connectivity index (χ3n) is 3.05. The number of halogens is 1. The van der Waals surface area contributed by atoms with Gasteiger partial charge in [0.15, 0.2) is 5.75 Å². The molecule has 2 atom stereocenters. The molecule has 0 saturated heterocycles. The van der Waals surface area contributed by atoms with Crippen LogP contribution < -0.4 is 10.5 Å². The quantitative estimate of drug-likeness (QED) is 0.596. The number of rotatable bonds is 7. The maximum Gasteiger partial charge on any atom is 0.311 e. The van der Waals surface area contributed by atoms with Crippen LogP contribution >= 0.6 is 12.4 Å². The Labute approximate surface area is 124 Å². The van der Waals surface area contributed by atoms with Crippen LogP contribution in [0.4, 0.5) is 5.69 Å². The molecular formula is C13H21ClN2O4. The van der Waals surface area contributed by atoms with Crippen molar-refractivity contribution in [3.8, 4) is 5.75 Å². The Kier molecular flexibility index (Phi) is 8.13. The fraction of sp³-hybridized carbons (Fsp3) is 0.538. The molecule has 6 nitrogen and oxygen atoms in total. The van der Waals surface area contributed by atoms with Gasteiger partial charge >= 0.3 is 5.69 Å². The van der Waals surface area contributed by atoms with E-state index in [1.54, 1.807) is 6.07 Å². The minimum atomic E-state index is -0.701. The topological polar surface area (TPSA) is 98.6 Å². The summed E-state index contributed by atoms with van der Waals surface area (Å²) in [5.74, 6) is 0.184. The van der Waals surface area contributed by atoms with Gasteiger partial charge in [-0.05, 0) is 18.1 Å². The molecule has 0 aliphatic rings. The van der Waals surface area contributed by atoms with Crippen molar-refractivity contribution in [2.75, 3.05) is 7.11 Å². The third kappa shape index (κ3) is 4.63. The number of nitrogens with two attached hydrogens (primary N) is 1. The molecule has 0 saturated carbocycles. The van der Waals surface area contributed by atoms with Gasteiger partial charge < -0.3 is 15.6 Å². The number of aliphatic hydroxyl groups excluding tert-OH is 1. The fourth-order valence-electron chi connectivity index (χ4n) is 1.87. The van der Waals surface area contributed by atoms with E-state index in [9.17, 15) is 15.2 Å². The second-order valence-corrected chi connectivity index (χ2v) is 4.42. The number of aliphatic hydroxyl groups is 1. The van der Waals surface area contributed by atoms with Crippen molar-refractivity contribution in [3.63, 3.8) is 0 Å². The van der Waals surface area contributed by atoms with E-state index < -0.39 is 17.1 Å². The van der Waals surface area contributed by atoms with Crippen LogP contribution in [0.3, 0.4) is 0 Å². The van der Waals surface area contributed by atoms with E-state index in [-0.39, 0.29) is 23.8 Å². The highest BCUT2D eigenvalue weighted by Crippen LogP contribution is 2.30. The Morgan fingerprint density at radius 2 is 2.15 bits per heavy atom. The first kappa shape index (κ1) is 18.6. The van der Waals surface area contributed by atoms with Gasteiger partial charge in [-0.1, -0.05) is 25.8 Å². The summed E-state index contributed by atoms with van der Waals surface area (Å²) in [6.45, 7) is 2.02. The molecule has 1 rings (SSSR count). The molecule has 1 aromatic rings. The van der Waals surface area contributed by atoms with E-state index in [4.69, 9.17) is 10.5 Å². The van der Waals surface area contributed by atoms with Gasteiger partial charge in [-0.3, -0.25) is 10.1 Å². The summed E-state index contributed by atoms with van der Waals surface area (Å²) in [5, 5.41) is 20.9. The first-order chi connectivity index (χ1) is 9.01. The molecule has 20 heavy (non-hydrogen) atoms. The first-order valence-electron chi connectivity index (χ1n) is 6.27. The Balaban J connectivity index is 0.00000361. The van der Waals surface area contributed by atoms with Gasteiger partial charge in [0.2, 0.25) is 0 Å². The standard InChI is InChI=1S/C13H20N2O4.ClH/c1-3-4-5-11(16)13(14)9-6-7-12(19-2)10(8-9)15(17)18;/h6-8,11,13,16H,3-5,14H2,1-2H3;1H/t11-,13+;/m1./s1. The van der Waals surface area contributed by atoms with Crippen LogP contribution in [-0.2, 0) is 0 Å². The van der Waals surface area contributed by atoms with Crippen LogP contribution in [-0.4, -0.2) is 23.2 Å². The van der Waals surface area contributed by atoms with Gasteiger partial charge in [0.1, 0.15) is 0 Å². The summed E-state index contributed by atoms with van der Waals surface area (Å²) in [7, 11) is 1.37. The lowest BCUT2D eigenvalue weighted by Crippen LogP contribution is -2.26. The van der Waals surface area contributed by atoms with Crippen LogP contribution in [0.25, 0.3) is 0 Å². The summed E-state index contributed by atoms with van der Waals surface area (Å²) in [4.78, 5) is 10.4. The Morgan fingerprint density at radius 1 is 1.50 bits per heavy atom. The van der Waals surface area contributed by atoms with Crippen LogP contribution in [0.5, 0.6) is 5.75 Å². The Hall–Kier alpha value is -1.37. The maximum atomic E-state index is 10.9. The molecule has 7 heteroatoms. The molecule has 0 aliphatic carbocycles. The number of methoxy groups -OCH3 is 1. The first-order valence-corrected chi connectivity index (χ1v) is 6.27. The number of ether oxygens (including phenoxy) is 1. The predicted octanol–water partition coefficient (Wildman–Crippen LogP) is 2.58. The van der Waals surface area contributed by atoms with Gasteiger partial charge in [0.25, 0.3) is 0 Å². The number of benzene rings is 1. The summed E-state index contributed by atoms with van der Waals surface area (Å²) in [6, 6.07) is 3.88. The average molecular weight is 305 g/mol. The zero-order valence-corrected chi connectivity index (χ0v) is 12.4. The predicted molar refractivity (Wildman–Crippen MR) is 79.4 cm³/mol. The van der Waals surface area contributed by atoms with Crippen LogP contribution in [0.2, 0.25) is 0 Å². The fourth-order valence-corrected chi connectivity index (χ4v) is 1.87. The van der Waals surface area contributed by atoms with Crippen molar-refractivity contribution in [1.82, 2.24) is 0 Å². The van der Waals surface area contributed by atoms with E-state index in [1.165, 1.54) is 19.2 Å².